The van der Waals surface area contributed by atoms with Gasteiger partial charge in [0.25, 0.3) is 0 Å². The summed E-state index contributed by atoms with van der Waals surface area (Å²) in [6.45, 7) is 0. The van der Waals surface area contributed by atoms with Crippen LogP contribution in [0.1, 0.15) is 12.8 Å². The van der Waals surface area contributed by atoms with Crippen LogP contribution in [0.25, 0.3) is 0 Å². The first-order chi connectivity index (χ1) is 4.74. The van der Waals surface area contributed by atoms with Gasteiger partial charge in [0.2, 0.25) is 11.8 Å². The van der Waals surface area contributed by atoms with E-state index in [1.807, 2.05) is 0 Å². The van der Waals surface area contributed by atoms with Gasteiger partial charge in [0.15, 0.2) is 6.29 Å². The van der Waals surface area contributed by atoms with Crippen molar-refractivity contribution in [1.29, 1.82) is 0 Å². The average molecular weight is 140 g/mol. The molecule has 53 valence electrons. The van der Waals surface area contributed by atoms with Crippen LogP contribution in [-0.4, -0.2) is 18.1 Å². The van der Waals surface area contributed by atoms with Crippen LogP contribution in [0.4, 0.5) is 0 Å². The van der Waals surface area contributed by atoms with E-state index < -0.39 is 5.92 Å². The molecule has 0 aliphatic carbocycles. The van der Waals surface area contributed by atoms with Crippen molar-refractivity contribution < 1.29 is 14.4 Å². The largest absolute Gasteiger partial charge is 0.296 e. The summed E-state index contributed by atoms with van der Waals surface area (Å²) in [5.74, 6) is -1.12. The summed E-state index contributed by atoms with van der Waals surface area (Å²) in [6.07, 6.45) is 1.76. The Morgan fingerprint density at radius 2 is 2.30 bits per heavy atom. The number of nitrogens with one attached hydrogen (secondary N) is 1. The highest BCUT2D eigenvalue weighted by atomic mass is 16.2. The van der Waals surface area contributed by atoms with Crippen molar-refractivity contribution in [2.24, 2.45) is 5.92 Å². The van der Waals surface area contributed by atoms with Crippen LogP contribution in [0.5, 0.6) is 0 Å². The van der Waals surface area contributed by atoms with Crippen molar-refractivity contribution in [3.05, 3.63) is 0 Å². The molecule has 4 nitrogen and oxygen atoms in total. The summed E-state index contributed by atoms with van der Waals surface area (Å²) in [7, 11) is 0. The lowest BCUT2D eigenvalue weighted by atomic mass is 10.1. The molecule has 0 aromatic heterocycles. The smallest absolute Gasteiger partial charge is 0.230 e. The monoisotopic (exact) mass is 140 g/mol. The standard InChI is InChI=1S/C6H6NO3/c8-2-1-4-3-5(9)7-6(4)10/h4H,1,3H2,(H,7,9,10). The molecular formula is C6H6NO3. The first-order valence-electron chi connectivity index (χ1n) is 2.92. The predicted molar refractivity (Wildman–Crippen MR) is 31.6 cm³/mol. The lowest BCUT2D eigenvalue weighted by Gasteiger charge is -1.94. The maximum absolute atomic E-state index is 10.7. The highest BCUT2D eigenvalue weighted by molar-refractivity contribution is 6.04. The Morgan fingerprint density at radius 3 is 2.70 bits per heavy atom. The minimum atomic E-state index is -0.468. The van der Waals surface area contributed by atoms with Gasteiger partial charge in [-0.1, -0.05) is 0 Å². The van der Waals surface area contributed by atoms with E-state index in [9.17, 15) is 14.4 Å². The second-order valence-electron chi connectivity index (χ2n) is 2.16. The molecule has 1 atom stereocenters. The zero-order valence-corrected chi connectivity index (χ0v) is 5.22. The SMILES string of the molecule is O=[C]CC1CC(=O)NC1=O. The minimum Gasteiger partial charge on any atom is -0.296 e. The van der Waals surface area contributed by atoms with Crippen LogP contribution in [0.15, 0.2) is 0 Å². The molecule has 0 spiro atoms. The number of amides is 2. The van der Waals surface area contributed by atoms with Crippen LogP contribution in [-0.2, 0) is 14.4 Å². The molecule has 0 saturated carbocycles. The molecule has 1 rings (SSSR count). The molecule has 1 fully saturated rings. The summed E-state index contributed by atoms with van der Waals surface area (Å²) >= 11 is 0. The molecule has 1 N–H and O–H groups in total. The van der Waals surface area contributed by atoms with Crippen molar-refractivity contribution in [1.82, 2.24) is 5.32 Å². The Hall–Kier alpha value is -1.19. The zero-order valence-electron chi connectivity index (χ0n) is 5.22. The molecule has 0 aromatic carbocycles. The van der Waals surface area contributed by atoms with Gasteiger partial charge in [-0.3, -0.25) is 19.7 Å². The van der Waals surface area contributed by atoms with Crippen molar-refractivity contribution in [2.45, 2.75) is 12.8 Å². The molecular weight excluding hydrogens is 134 g/mol. The summed E-state index contributed by atoms with van der Waals surface area (Å²) < 4.78 is 0. The van der Waals surface area contributed by atoms with Gasteiger partial charge in [-0.25, -0.2) is 0 Å². The number of rotatable bonds is 2. The fraction of sp³-hybridized carbons (Fsp3) is 0.500. The molecule has 1 heterocycles. The summed E-state index contributed by atoms with van der Waals surface area (Å²) in [5, 5.41) is 2.09. The van der Waals surface area contributed by atoms with Crippen molar-refractivity contribution >= 4 is 18.1 Å². The van der Waals surface area contributed by atoms with Gasteiger partial charge in [-0.15, -0.1) is 0 Å². The molecule has 1 saturated heterocycles. The lowest BCUT2D eigenvalue weighted by molar-refractivity contribution is -0.125. The minimum absolute atomic E-state index is 0.0254. The van der Waals surface area contributed by atoms with Crippen LogP contribution in [0, 0.1) is 5.92 Å². The summed E-state index contributed by atoms with van der Waals surface area (Å²) in [5.41, 5.74) is 0. The Labute approximate surface area is 57.6 Å². The van der Waals surface area contributed by atoms with E-state index in [1.165, 1.54) is 0 Å². The van der Waals surface area contributed by atoms with Gasteiger partial charge in [-0.05, 0) is 0 Å². The summed E-state index contributed by atoms with van der Waals surface area (Å²) in [6, 6.07) is 0. The predicted octanol–water partition coefficient (Wildman–Crippen LogP) is -0.851. The number of carbonyl (C=O) groups is 2. The second kappa shape index (κ2) is 2.60. The van der Waals surface area contributed by atoms with Gasteiger partial charge in [0.05, 0.1) is 5.92 Å². The Morgan fingerprint density at radius 1 is 1.60 bits per heavy atom. The maximum atomic E-state index is 10.7. The van der Waals surface area contributed by atoms with Crippen LogP contribution in [0.2, 0.25) is 0 Å². The van der Waals surface area contributed by atoms with E-state index >= 15 is 0 Å². The van der Waals surface area contributed by atoms with Crippen molar-refractivity contribution in [3.63, 3.8) is 0 Å². The number of hydrogen-bond donors (Lipinski definition) is 1. The Kier molecular flexibility index (Phi) is 1.80. The maximum Gasteiger partial charge on any atom is 0.230 e. The first kappa shape index (κ1) is 6.92. The molecule has 4 heteroatoms. The normalized spacial score (nSPS) is 24.6. The van der Waals surface area contributed by atoms with E-state index in [0.29, 0.717) is 0 Å². The number of imide groups is 1. The fourth-order valence-corrected chi connectivity index (χ4v) is 0.872. The van der Waals surface area contributed by atoms with Gasteiger partial charge >= 0.3 is 0 Å². The van der Waals surface area contributed by atoms with E-state index in [0.717, 1.165) is 0 Å². The van der Waals surface area contributed by atoms with E-state index in [4.69, 9.17) is 0 Å². The molecule has 1 aliphatic rings. The van der Waals surface area contributed by atoms with Crippen molar-refractivity contribution in [2.75, 3.05) is 0 Å². The fourth-order valence-electron chi connectivity index (χ4n) is 0.872. The van der Waals surface area contributed by atoms with Gasteiger partial charge in [0.1, 0.15) is 0 Å². The van der Waals surface area contributed by atoms with Gasteiger partial charge < -0.3 is 0 Å². The van der Waals surface area contributed by atoms with E-state index in [-0.39, 0.29) is 24.7 Å². The van der Waals surface area contributed by atoms with E-state index in [2.05, 4.69) is 5.32 Å². The summed E-state index contributed by atoms with van der Waals surface area (Å²) in [4.78, 5) is 30.9. The van der Waals surface area contributed by atoms with Crippen LogP contribution < -0.4 is 5.32 Å². The van der Waals surface area contributed by atoms with Gasteiger partial charge in [0, 0.05) is 12.8 Å². The topological polar surface area (TPSA) is 63.2 Å². The van der Waals surface area contributed by atoms with Crippen molar-refractivity contribution in [3.8, 4) is 0 Å². The molecule has 0 bridgehead atoms. The highest BCUT2D eigenvalue weighted by Crippen LogP contribution is 2.12. The van der Waals surface area contributed by atoms with Crippen LogP contribution in [0.3, 0.4) is 0 Å². The lowest BCUT2D eigenvalue weighted by Crippen LogP contribution is -2.22. The van der Waals surface area contributed by atoms with Crippen LogP contribution >= 0.6 is 0 Å². The molecule has 1 aliphatic heterocycles. The third-order valence-corrected chi connectivity index (χ3v) is 1.39. The molecule has 10 heavy (non-hydrogen) atoms. The van der Waals surface area contributed by atoms with Gasteiger partial charge in [-0.2, -0.15) is 0 Å². The third-order valence-electron chi connectivity index (χ3n) is 1.39. The van der Waals surface area contributed by atoms with E-state index in [1.54, 1.807) is 6.29 Å². The number of hydrogen-bond acceptors (Lipinski definition) is 3. The quantitative estimate of drug-likeness (QED) is 0.508. The average Bonchev–Trinajstić information content (AvgIpc) is 2.13. The molecule has 0 aromatic rings. The molecule has 2 amide bonds. The zero-order chi connectivity index (χ0) is 7.56. The second-order valence-corrected chi connectivity index (χ2v) is 2.16. The molecule has 1 radical (unpaired) electrons. The Bertz CT molecular complexity index is 187. The first-order valence-corrected chi connectivity index (χ1v) is 2.92. The Balaban J connectivity index is 2.54. The highest BCUT2D eigenvalue weighted by Gasteiger charge is 2.29. The molecule has 1 unspecified atom stereocenters. The number of carbonyl (C=O) groups excluding carboxylic acids is 3. The third kappa shape index (κ3) is 1.21.